The molecule has 0 aliphatic carbocycles. The van der Waals surface area contributed by atoms with Gasteiger partial charge in [0.25, 0.3) is 0 Å². The van der Waals surface area contributed by atoms with Crippen LogP contribution in [0.25, 0.3) is 5.69 Å². The Morgan fingerprint density at radius 3 is 3.04 bits per heavy atom. The number of anilines is 1. The molecule has 1 aliphatic rings. The summed E-state index contributed by atoms with van der Waals surface area (Å²) in [5, 5.41) is 24.1. The molecule has 0 bridgehead atoms. The number of thioether (sulfide) groups is 1. The number of hydrogen-bond acceptors (Lipinski definition) is 10. The zero-order valence-electron chi connectivity index (χ0n) is 13.6. The molecule has 1 amide bonds. The van der Waals surface area contributed by atoms with Crippen LogP contribution in [-0.2, 0) is 11.2 Å². The largest absolute Gasteiger partial charge is 0.454 e. The van der Waals surface area contributed by atoms with E-state index in [1.807, 2.05) is 13.0 Å². The minimum absolute atomic E-state index is 0.145. The monoisotopic (exact) mass is 391 g/mol. The Morgan fingerprint density at radius 2 is 2.19 bits per heavy atom. The smallest absolute Gasteiger partial charge is 0.236 e. The topological polar surface area (TPSA) is 117 Å². The maximum absolute atomic E-state index is 12.1. The molecule has 10 nitrogen and oxygen atoms in total. The van der Waals surface area contributed by atoms with Gasteiger partial charge < -0.3 is 9.47 Å². The standard InChI is InChI=1S/C14H13N7O3S2/c1-2-12-16-17-13(26-12)15-11(22)6-25-14-18-19-20-21(14)8-3-4-9-10(5-8)24-7-23-9/h3-5H,2,6-7H2,1H3,(H,15,17,22). The molecule has 0 fully saturated rings. The van der Waals surface area contributed by atoms with Crippen molar-refractivity contribution in [3.63, 3.8) is 0 Å². The number of fused-ring (bicyclic) bond motifs is 1. The van der Waals surface area contributed by atoms with E-state index < -0.39 is 0 Å². The van der Waals surface area contributed by atoms with E-state index in [1.165, 1.54) is 23.1 Å². The van der Waals surface area contributed by atoms with Gasteiger partial charge in [0.1, 0.15) is 5.01 Å². The van der Waals surface area contributed by atoms with E-state index in [1.54, 1.807) is 16.8 Å². The predicted octanol–water partition coefficient (Wildman–Crippen LogP) is 1.54. The quantitative estimate of drug-likeness (QED) is 0.624. The molecule has 0 saturated carbocycles. The fourth-order valence-electron chi connectivity index (χ4n) is 2.18. The Balaban J connectivity index is 1.41. The SMILES string of the molecule is CCc1nnc(NC(=O)CSc2nnnn2-c2ccc3c(c2)OCO3)s1. The Bertz CT molecular complexity index is 942. The molecule has 3 aromatic rings. The van der Waals surface area contributed by atoms with Gasteiger partial charge in [0.15, 0.2) is 11.5 Å². The molecular formula is C14H13N7O3S2. The lowest BCUT2D eigenvalue weighted by Gasteiger charge is -2.05. The van der Waals surface area contributed by atoms with Crippen molar-refractivity contribution in [1.29, 1.82) is 0 Å². The third kappa shape index (κ3) is 3.46. The minimum atomic E-state index is -0.200. The molecule has 1 aromatic carbocycles. The lowest BCUT2D eigenvalue weighted by atomic mass is 10.3. The van der Waals surface area contributed by atoms with Crippen LogP contribution in [0.2, 0.25) is 0 Å². The average molecular weight is 391 g/mol. The number of hydrogen-bond donors (Lipinski definition) is 1. The number of amides is 1. The zero-order valence-corrected chi connectivity index (χ0v) is 15.2. The lowest BCUT2D eigenvalue weighted by Crippen LogP contribution is -2.14. The highest BCUT2D eigenvalue weighted by Gasteiger charge is 2.17. The fraction of sp³-hybridized carbons (Fsp3) is 0.286. The molecule has 0 atom stereocenters. The molecule has 2 aromatic heterocycles. The summed E-state index contributed by atoms with van der Waals surface area (Å²) < 4.78 is 12.2. The van der Waals surface area contributed by atoms with Crippen LogP contribution in [0.4, 0.5) is 5.13 Å². The van der Waals surface area contributed by atoms with Gasteiger partial charge in [-0.1, -0.05) is 30.0 Å². The summed E-state index contributed by atoms with van der Waals surface area (Å²) in [6.07, 6.45) is 0.784. The van der Waals surface area contributed by atoms with Crippen molar-refractivity contribution in [1.82, 2.24) is 30.4 Å². The first kappa shape index (κ1) is 16.7. The number of nitrogens with zero attached hydrogens (tertiary/aromatic N) is 6. The third-order valence-electron chi connectivity index (χ3n) is 3.39. The minimum Gasteiger partial charge on any atom is -0.454 e. The Morgan fingerprint density at radius 1 is 1.31 bits per heavy atom. The molecule has 0 radical (unpaired) electrons. The van der Waals surface area contributed by atoms with Crippen LogP contribution in [-0.4, -0.2) is 48.9 Å². The normalized spacial score (nSPS) is 12.3. The van der Waals surface area contributed by atoms with Crippen LogP contribution in [0.15, 0.2) is 23.4 Å². The molecular weight excluding hydrogens is 378 g/mol. The number of aromatic nitrogens is 6. The Kier molecular flexibility index (Phi) is 4.67. The number of benzene rings is 1. The summed E-state index contributed by atoms with van der Waals surface area (Å²) in [4.78, 5) is 12.1. The van der Waals surface area contributed by atoms with Gasteiger partial charge in [-0.25, -0.2) is 0 Å². The van der Waals surface area contributed by atoms with Crippen molar-refractivity contribution in [2.75, 3.05) is 17.9 Å². The molecule has 0 spiro atoms. The second-order valence-electron chi connectivity index (χ2n) is 5.10. The van der Waals surface area contributed by atoms with Gasteiger partial charge in [0, 0.05) is 6.07 Å². The maximum atomic E-state index is 12.1. The van der Waals surface area contributed by atoms with Crippen molar-refractivity contribution in [3.05, 3.63) is 23.2 Å². The highest BCUT2D eigenvalue weighted by Crippen LogP contribution is 2.34. The first-order valence-electron chi connectivity index (χ1n) is 7.66. The molecule has 0 saturated heterocycles. The van der Waals surface area contributed by atoms with Gasteiger partial charge in [-0.2, -0.15) is 4.68 Å². The van der Waals surface area contributed by atoms with Crippen LogP contribution in [0.5, 0.6) is 11.5 Å². The van der Waals surface area contributed by atoms with E-state index in [9.17, 15) is 4.79 Å². The molecule has 12 heteroatoms. The molecule has 4 rings (SSSR count). The molecule has 0 unspecified atom stereocenters. The summed E-state index contributed by atoms with van der Waals surface area (Å²) in [5.41, 5.74) is 0.721. The van der Waals surface area contributed by atoms with Crippen molar-refractivity contribution < 1.29 is 14.3 Å². The Hall–Kier alpha value is -2.73. The number of carbonyl (C=O) groups excluding carboxylic acids is 1. The van der Waals surface area contributed by atoms with Gasteiger partial charge in [0.2, 0.25) is 23.0 Å². The molecule has 3 heterocycles. The molecule has 1 aliphatic heterocycles. The van der Waals surface area contributed by atoms with E-state index in [0.29, 0.717) is 21.8 Å². The van der Waals surface area contributed by atoms with Crippen LogP contribution in [0.3, 0.4) is 0 Å². The van der Waals surface area contributed by atoms with E-state index >= 15 is 0 Å². The average Bonchev–Trinajstić information content (AvgIpc) is 3.39. The highest BCUT2D eigenvalue weighted by atomic mass is 32.2. The number of ether oxygens (including phenoxy) is 2. The van der Waals surface area contributed by atoms with Gasteiger partial charge >= 0.3 is 0 Å². The van der Waals surface area contributed by atoms with Crippen molar-refractivity contribution in [3.8, 4) is 17.2 Å². The lowest BCUT2D eigenvalue weighted by molar-refractivity contribution is -0.113. The number of nitrogens with one attached hydrogen (secondary N) is 1. The van der Waals surface area contributed by atoms with Crippen LogP contribution < -0.4 is 14.8 Å². The van der Waals surface area contributed by atoms with Crippen LogP contribution in [0.1, 0.15) is 11.9 Å². The van der Waals surface area contributed by atoms with Gasteiger partial charge in [-0.3, -0.25) is 10.1 Å². The summed E-state index contributed by atoms with van der Waals surface area (Å²) in [5.74, 6) is 1.26. The van der Waals surface area contributed by atoms with E-state index in [0.717, 1.165) is 17.1 Å². The molecule has 1 N–H and O–H groups in total. The number of rotatable bonds is 6. The summed E-state index contributed by atoms with van der Waals surface area (Å²) >= 11 is 2.58. The van der Waals surface area contributed by atoms with E-state index in [2.05, 4.69) is 31.0 Å². The summed E-state index contributed by atoms with van der Waals surface area (Å²) in [6.45, 7) is 2.18. The number of aryl methyl sites for hydroxylation is 1. The van der Waals surface area contributed by atoms with Gasteiger partial charge in [0.05, 0.1) is 11.4 Å². The van der Waals surface area contributed by atoms with Gasteiger partial charge in [-0.05, 0) is 29.0 Å². The predicted molar refractivity (Wildman–Crippen MR) is 93.9 cm³/mol. The van der Waals surface area contributed by atoms with Crippen LogP contribution in [0, 0.1) is 0 Å². The summed E-state index contributed by atoms with van der Waals surface area (Å²) in [7, 11) is 0. The van der Waals surface area contributed by atoms with Crippen LogP contribution >= 0.6 is 23.1 Å². The van der Waals surface area contributed by atoms with Crippen molar-refractivity contribution in [2.45, 2.75) is 18.5 Å². The fourth-order valence-corrected chi connectivity index (χ4v) is 3.57. The zero-order chi connectivity index (χ0) is 17.9. The molecule has 26 heavy (non-hydrogen) atoms. The van der Waals surface area contributed by atoms with Crippen molar-refractivity contribution in [2.24, 2.45) is 0 Å². The van der Waals surface area contributed by atoms with E-state index in [4.69, 9.17) is 9.47 Å². The third-order valence-corrected chi connectivity index (χ3v) is 5.29. The van der Waals surface area contributed by atoms with Crippen molar-refractivity contribution >= 4 is 34.1 Å². The number of tetrazole rings is 1. The second kappa shape index (κ2) is 7.25. The first-order valence-corrected chi connectivity index (χ1v) is 9.46. The van der Waals surface area contributed by atoms with E-state index in [-0.39, 0.29) is 18.5 Å². The second-order valence-corrected chi connectivity index (χ2v) is 7.11. The Labute approximate surface area is 155 Å². The number of carbonyl (C=O) groups is 1. The maximum Gasteiger partial charge on any atom is 0.236 e. The highest BCUT2D eigenvalue weighted by molar-refractivity contribution is 7.99. The van der Waals surface area contributed by atoms with Gasteiger partial charge in [-0.15, -0.1) is 15.3 Å². The first-order chi connectivity index (χ1) is 12.7. The molecule has 134 valence electrons. The summed E-state index contributed by atoms with van der Waals surface area (Å²) in [6, 6.07) is 5.40.